The molecule has 1 aromatic carbocycles. The molecule has 150 valence electrons. The van der Waals surface area contributed by atoms with Gasteiger partial charge in [-0.1, -0.05) is 0 Å². The van der Waals surface area contributed by atoms with Crippen molar-refractivity contribution in [2.75, 3.05) is 27.2 Å². The van der Waals surface area contributed by atoms with Crippen molar-refractivity contribution in [3.63, 3.8) is 0 Å². The average molecular weight is 416 g/mol. The number of aromatic nitrogens is 2. The molecule has 29 heavy (non-hydrogen) atoms. The Kier molecular flexibility index (Phi) is 4.99. The summed E-state index contributed by atoms with van der Waals surface area (Å²) in [6.07, 6.45) is 3.78. The van der Waals surface area contributed by atoms with E-state index in [1.165, 1.54) is 16.2 Å². The van der Waals surface area contributed by atoms with Crippen LogP contribution in [0.25, 0.3) is 10.3 Å². The van der Waals surface area contributed by atoms with Crippen LogP contribution in [-0.4, -0.2) is 58.8 Å². The Balaban J connectivity index is 1.67. The zero-order chi connectivity index (χ0) is 20.7. The Hall–Kier alpha value is -2.94. The molecule has 0 spiro atoms. The predicted octanol–water partition coefficient (Wildman–Crippen LogP) is 3.30. The average Bonchev–Trinajstić information content (AvgIpc) is 3.30. The number of halogens is 2. The summed E-state index contributed by atoms with van der Waals surface area (Å²) in [5, 5.41) is 0. The second-order valence-corrected chi connectivity index (χ2v) is 8.15. The highest BCUT2D eigenvalue weighted by molar-refractivity contribution is 7.20. The van der Waals surface area contributed by atoms with E-state index in [0.717, 1.165) is 23.8 Å². The number of hydrogen-bond donors (Lipinski definition) is 0. The molecule has 0 bridgehead atoms. The van der Waals surface area contributed by atoms with Gasteiger partial charge >= 0.3 is 0 Å². The standard InChI is InChI=1S/C20H18F2N4O2S/c1-25(2)20(28)17-15(16-18(29-17)24-5-4-23-16)11-3-6-26(10-11)19(27)12-7-13(21)9-14(22)8-12/h4-5,7-9,11H,3,6,10H2,1-2H3/t11-/m0/s1. The maximum Gasteiger partial charge on any atom is 0.263 e. The van der Waals surface area contributed by atoms with Crippen LogP contribution in [0.1, 0.15) is 37.9 Å². The maximum atomic E-state index is 13.5. The smallest absolute Gasteiger partial charge is 0.263 e. The fourth-order valence-electron chi connectivity index (χ4n) is 3.62. The van der Waals surface area contributed by atoms with Crippen molar-refractivity contribution in [1.82, 2.24) is 19.8 Å². The molecule has 0 N–H and O–H groups in total. The molecule has 1 aliphatic heterocycles. The molecule has 0 unspecified atom stereocenters. The van der Waals surface area contributed by atoms with Gasteiger partial charge in [-0.15, -0.1) is 11.3 Å². The molecular weight excluding hydrogens is 398 g/mol. The van der Waals surface area contributed by atoms with E-state index >= 15 is 0 Å². The van der Waals surface area contributed by atoms with Crippen LogP contribution in [-0.2, 0) is 0 Å². The van der Waals surface area contributed by atoms with Crippen LogP contribution >= 0.6 is 11.3 Å². The van der Waals surface area contributed by atoms with Crippen LogP contribution in [0.15, 0.2) is 30.6 Å². The highest BCUT2D eigenvalue weighted by Crippen LogP contribution is 2.39. The van der Waals surface area contributed by atoms with E-state index < -0.39 is 17.5 Å². The Bertz CT molecular complexity index is 1090. The van der Waals surface area contributed by atoms with Gasteiger partial charge in [-0.3, -0.25) is 14.6 Å². The van der Waals surface area contributed by atoms with Crippen LogP contribution in [0.4, 0.5) is 8.78 Å². The van der Waals surface area contributed by atoms with Gasteiger partial charge in [0.2, 0.25) is 0 Å². The highest BCUT2D eigenvalue weighted by atomic mass is 32.1. The number of carbonyl (C=O) groups excluding carboxylic acids is 2. The van der Waals surface area contributed by atoms with Crippen molar-refractivity contribution in [3.8, 4) is 0 Å². The number of nitrogens with zero attached hydrogens (tertiary/aromatic N) is 4. The molecule has 3 aromatic rings. The van der Waals surface area contributed by atoms with Gasteiger partial charge in [0, 0.05) is 62.7 Å². The zero-order valence-corrected chi connectivity index (χ0v) is 16.7. The second kappa shape index (κ2) is 7.47. The summed E-state index contributed by atoms with van der Waals surface area (Å²) in [5.41, 5.74) is 1.43. The highest BCUT2D eigenvalue weighted by Gasteiger charge is 2.34. The molecule has 6 nitrogen and oxygen atoms in total. The summed E-state index contributed by atoms with van der Waals surface area (Å²) in [7, 11) is 3.36. The van der Waals surface area contributed by atoms with Crippen molar-refractivity contribution in [2.24, 2.45) is 0 Å². The first-order valence-corrected chi connectivity index (χ1v) is 9.87. The number of fused-ring (bicyclic) bond motifs is 1. The lowest BCUT2D eigenvalue weighted by molar-refractivity contribution is 0.0789. The fourth-order valence-corrected chi connectivity index (χ4v) is 4.83. The summed E-state index contributed by atoms with van der Waals surface area (Å²) >= 11 is 1.29. The van der Waals surface area contributed by atoms with E-state index in [2.05, 4.69) is 9.97 Å². The van der Waals surface area contributed by atoms with Crippen molar-refractivity contribution < 1.29 is 18.4 Å². The minimum atomic E-state index is -0.790. The third kappa shape index (κ3) is 3.57. The number of benzene rings is 1. The number of rotatable bonds is 3. The van der Waals surface area contributed by atoms with E-state index in [0.29, 0.717) is 34.7 Å². The Morgan fingerprint density at radius 3 is 2.52 bits per heavy atom. The molecule has 1 atom stereocenters. The quantitative estimate of drug-likeness (QED) is 0.657. The first-order chi connectivity index (χ1) is 13.8. The van der Waals surface area contributed by atoms with Gasteiger partial charge in [-0.05, 0) is 18.6 Å². The van der Waals surface area contributed by atoms with Crippen LogP contribution in [0.3, 0.4) is 0 Å². The minimum Gasteiger partial charge on any atom is -0.344 e. The maximum absolute atomic E-state index is 13.5. The molecule has 0 saturated carbocycles. The molecule has 1 saturated heterocycles. The first kappa shape index (κ1) is 19.4. The van der Waals surface area contributed by atoms with E-state index in [1.54, 1.807) is 31.4 Å². The Morgan fingerprint density at radius 1 is 1.14 bits per heavy atom. The van der Waals surface area contributed by atoms with Crippen LogP contribution < -0.4 is 0 Å². The molecule has 1 fully saturated rings. The minimum absolute atomic E-state index is 0.0253. The lowest BCUT2D eigenvalue weighted by Crippen LogP contribution is -2.29. The Morgan fingerprint density at radius 2 is 1.83 bits per heavy atom. The van der Waals surface area contributed by atoms with E-state index in [-0.39, 0.29) is 17.4 Å². The summed E-state index contributed by atoms with van der Waals surface area (Å²) < 4.78 is 27.0. The van der Waals surface area contributed by atoms with Crippen LogP contribution in [0, 0.1) is 11.6 Å². The van der Waals surface area contributed by atoms with Crippen molar-refractivity contribution in [3.05, 3.63) is 58.2 Å². The molecule has 2 amide bonds. The Labute approximate surface area is 169 Å². The van der Waals surface area contributed by atoms with Crippen LogP contribution in [0.2, 0.25) is 0 Å². The third-order valence-electron chi connectivity index (χ3n) is 4.96. The predicted molar refractivity (Wildman–Crippen MR) is 105 cm³/mol. The van der Waals surface area contributed by atoms with E-state index in [4.69, 9.17) is 0 Å². The zero-order valence-electron chi connectivity index (χ0n) is 15.9. The normalized spacial score (nSPS) is 16.4. The molecule has 4 rings (SSSR count). The van der Waals surface area contributed by atoms with Gasteiger partial charge in [0.25, 0.3) is 11.8 Å². The number of thiophene rings is 1. The van der Waals surface area contributed by atoms with E-state index in [1.807, 2.05) is 0 Å². The second-order valence-electron chi connectivity index (χ2n) is 7.15. The van der Waals surface area contributed by atoms with Crippen LogP contribution in [0.5, 0.6) is 0 Å². The first-order valence-electron chi connectivity index (χ1n) is 9.05. The number of hydrogen-bond acceptors (Lipinski definition) is 5. The van der Waals surface area contributed by atoms with Gasteiger partial charge in [0.05, 0.1) is 4.88 Å². The lowest BCUT2D eigenvalue weighted by atomic mass is 9.97. The SMILES string of the molecule is CN(C)C(=O)c1sc2nccnc2c1[C@H]1CCN(C(=O)c2cc(F)cc(F)c2)C1. The number of carbonyl (C=O) groups is 2. The van der Waals surface area contributed by atoms with Gasteiger partial charge in [0.15, 0.2) is 0 Å². The molecule has 9 heteroatoms. The van der Waals surface area contributed by atoms with Gasteiger partial charge in [0.1, 0.15) is 22.0 Å². The summed E-state index contributed by atoms with van der Waals surface area (Å²) in [5.74, 6) is -2.26. The molecule has 3 heterocycles. The number of amides is 2. The fraction of sp³-hybridized carbons (Fsp3) is 0.300. The van der Waals surface area contributed by atoms with Crippen molar-refractivity contribution in [1.29, 1.82) is 0 Å². The molecular formula is C20H18F2N4O2S. The lowest BCUT2D eigenvalue weighted by Gasteiger charge is -2.18. The molecule has 1 aliphatic rings. The van der Waals surface area contributed by atoms with Gasteiger partial charge in [-0.2, -0.15) is 0 Å². The summed E-state index contributed by atoms with van der Waals surface area (Å²) in [6.45, 7) is 0.766. The molecule has 2 aromatic heterocycles. The monoisotopic (exact) mass is 416 g/mol. The van der Waals surface area contributed by atoms with Gasteiger partial charge in [-0.25, -0.2) is 13.8 Å². The van der Waals surface area contributed by atoms with E-state index in [9.17, 15) is 18.4 Å². The van der Waals surface area contributed by atoms with Gasteiger partial charge < -0.3 is 9.80 Å². The van der Waals surface area contributed by atoms with Crippen molar-refractivity contribution >= 4 is 33.5 Å². The van der Waals surface area contributed by atoms with Crippen molar-refractivity contribution in [2.45, 2.75) is 12.3 Å². The molecule has 0 radical (unpaired) electrons. The number of likely N-dealkylation sites (tertiary alicyclic amines) is 1. The summed E-state index contributed by atoms with van der Waals surface area (Å²) in [4.78, 5) is 38.5. The topological polar surface area (TPSA) is 66.4 Å². The largest absolute Gasteiger partial charge is 0.344 e. The molecule has 0 aliphatic carbocycles. The summed E-state index contributed by atoms with van der Waals surface area (Å²) in [6, 6.07) is 2.80. The third-order valence-corrected chi connectivity index (χ3v) is 6.05.